The maximum absolute atomic E-state index is 12.9. The maximum Gasteiger partial charge on any atom is 0.274 e. The Kier molecular flexibility index (Phi) is 3.94. The normalized spacial score (nSPS) is 10.1. The smallest absolute Gasteiger partial charge is 0.274 e. The Balaban J connectivity index is 2.20. The molecule has 0 aliphatic carbocycles. The Morgan fingerprint density at radius 3 is 2.79 bits per heavy atom. The number of pyridine rings is 1. The molecule has 0 aliphatic heterocycles. The highest BCUT2D eigenvalue weighted by Crippen LogP contribution is 2.22. The van der Waals surface area contributed by atoms with Crippen LogP contribution in [0.15, 0.2) is 36.4 Å². The van der Waals surface area contributed by atoms with E-state index in [2.05, 4.69) is 15.7 Å². The van der Waals surface area contributed by atoms with Crippen molar-refractivity contribution in [1.29, 1.82) is 0 Å². The van der Waals surface area contributed by atoms with Gasteiger partial charge in [0, 0.05) is 0 Å². The summed E-state index contributed by atoms with van der Waals surface area (Å²) >= 11 is 5.81. The van der Waals surface area contributed by atoms with Crippen LogP contribution in [0.5, 0.6) is 0 Å². The summed E-state index contributed by atoms with van der Waals surface area (Å²) in [5.41, 5.74) is 2.81. The number of nitrogens with zero attached hydrogens (tertiary/aromatic N) is 1. The number of hydrogen-bond donors (Lipinski definition) is 3. The van der Waals surface area contributed by atoms with Crippen molar-refractivity contribution in [1.82, 2.24) is 4.98 Å². The molecular weight excluding hydrogens is 271 g/mol. The van der Waals surface area contributed by atoms with E-state index in [4.69, 9.17) is 17.4 Å². The Bertz CT molecular complexity index is 620. The second kappa shape index (κ2) is 5.64. The third-order valence-corrected chi connectivity index (χ3v) is 2.62. The van der Waals surface area contributed by atoms with Gasteiger partial charge in [0.15, 0.2) is 0 Å². The molecule has 0 saturated heterocycles. The molecule has 2 rings (SSSR count). The number of hydrazine groups is 1. The second-order valence-electron chi connectivity index (χ2n) is 3.63. The quantitative estimate of drug-likeness (QED) is 0.596. The van der Waals surface area contributed by atoms with Crippen LogP contribution in [-0.2, 0) is 0 Å². The van der Waals surface area contributed by atoms with Gasteiger partial charge < -0.3 is 10.7 Å². The molecule has 0 aliphatic rings. The number of hydrogen-bond acceptors (Lipinski definition) is 4. The molecule has 1 aromatic carbocycles. The summed E-state index contributed by atoms with van der Waals surface area (Å²) in [6, 6.07) is 8.45. The van der Waals surface area contributed by atoms with Gasteiger partial charge in [0.25, 0.3) is 5.91 Å². The summed E-state index contributed by atoms with van der Waals surface area (Å²) in [7, 11) is 0. The minimum Gasteiger partial charge on any atom is -0.319 e. The lowest BCUT2D eigenvalue weighted by Crippen LogP contribution is -2.16. The van der Waals surface area contributed by atoms with Crippen molar-refractivity contribution in [3.8, 4) is 0 Å². The molecule has 98 valence electrons. The van der Waals surface area contributed by atoms with Gasteiger partial charge in [-0.25, -0.2) is 15.2 Å². The summed E-state index contributed by atoms with van der Waals surface area (Å²) in [6.07, 6.45) is 0. The summed E-state index contributed by atoms with van der Waals surface area (Å²) < 4.78 is 12.9. The van der Waals surface area contributed by atoms with Crippen molar-refractivity contribution in [2.24, 2.45) is 5.84 Å². The molecule has 0 atom stereocenters. The summed E-state index contributed by atoms with van der Waals surface area (Å²) in [5.74, 6) is 4.62. The predicted octanol–water partition coefficient (Wildman–Crippen LogP) is 2.41. The average Bonchev–Trinajstić information content (AvgIpc) is 2.42. The first kappa shape index (κ1) is 13.3. The number of carbonyl (C=O) groups is 1. The van der Waals surface area contributed by atoms with Crippen molar-refractivity contribution in [2.45, 2.75) is 0 Å². The third kappa shape index (κ3) is 3.18. The van der Waals surface area contributed by atoms with Crippen LogP contribution in [0.25, 0.3) is 0 Å². The lowest BCUT2D eigenvalue weighted by Gasteiger charge is -2.07. The van der Waals surface area contributed by atoms with E-state index in [-0.39, 0.29) is 10.7 Å². The molecule has 19 heavy (non-hydrogen) atoms. The molecule has 0 unspecified atom stereocenters. The fourth-order valence-corrected chi connectivity index (χ4v) is 1.63. The third-order valence-electron chi connectivity index (χ3n) is 2.31. The first-order chi connectivity index (χ1) is 9.10. The van der Waals surface area contributed by atoms with E-state index in [1.54, 1.807) is 12.1 Å². The SMILES string of the molecule is NNc1cccc(C(=O)Nc2ccc(F)cc2Cl)n1. The van der Waals surface area contributed by atoms with Gasteiger partial charge in [-0.2, -0.15) is 0 Å². The Morgan fingerprint density at radius 1 is 1.32 bits per heavy atom. The standard InChI is InChI=1S/C12H10ClFN4O/c13-8-6-7(14)4-5-9(8)17-12(19)10-2-1-3-11(16-10)18-15/h1-6H,15H2,(H,16,18)(H,17,19). The Hall–Kier alpha value is -2.18. The van der Waals surface area contributed by atoms with Gasteiger partial charge in [0.05, 0.1) is 10.7 Å². The van der Waals surface area contributed by atoms with Gasteiger partial charge in [-0.15, -0.1) is 0 Å². The zero-order valence-electron chi connectivity index (χ0n) is 9.65. The molecule has 0 saturated carbocycles. The molecule has 1 amide bonds. The zero-order valence-corrected chi connectivity index (χ0v) is 10.4. The number of amides is 1. The molecule has 0 radical (unpaired) electrons. The highest BCUT2D eigenvalue weighted by atomic mass is 35.5. The van der Waals surface area contributed by atoms with Crippen LogP contribution in [0.3, 0.4) is 0 Å². The van der Waals surface area contributed by atoms with Gasteiger partial charge in [0.1, 0.15) is 17.3 Å². The first-order valence-corrected chi connectivity index (χ1v) is 5.68. The van der Waals surface area contributed by atoms with Crippen LogP contribution in [-0.4, -0.2) is 10.9 Å². The van der Waals surface area contributed by atoms with Crippen LogP contribution in [0.2, 0.25) is 5.02 Å². The van der Waals surface area contributed by atoms with E-state index in [9.17, 15) is 9.18 Å². The van der Waals surface area contributed by atoms with Gasteiger partial charge in [0.2, 0.25) is 0 Å². The van der Waals surface area contributed by atoms with Gasteiger partial charge >= 0.3 is 0 Å². The molecular formula is C12H10ClFN4O. The minimum absolute atomic E-state index is 0.112. The van der Waals surface area contributed by atoms with E-state index in [1.165, 1.54) is 18.2 Å². The summed E-state index contributed by atoms with van der Waals surface area (Å²) in [6.45, 7) is 0. The van der Waals surface area contributed by atoms with Crippen molar-refractivity contribution in [2.75, 3.05) is 10.7 Å². The zero-order chi connectivity index (χ0) is 13.8. The molecule has 0 spiro atoms. The summed E-state index contributed by atoms with van der Waals surface area (Å²) in [5, 5.41) is 2.65. The number of nitrogens with one attached hydrogen (secondary N) is 2. The molecule has 5 nitrogen and oxygen atoms in total. The Morgan fingerprint density at radius 2 is 2.11 bits per heavy atom. The second-order valence-corrected chi connectivity index (χ2v) is 4.04. The fraction of sp³-hybridized carbons (Fsp3) is 0. The van der Waals surface area contributed by atoms with E-state index in [0.29, 0.717) is 11.5 Å². The lowest BCUT2D eigenvalue weighted by atomic mass is 10.3. The van der Waals surface area contributed by atoms with Gasteiger partial charge in [-0.3, -0.25) is 4.79 Å². The van der Waals surface area contributed by atoms with Crippen molar-refractivity contribution >= 4 is 29.0 Å². The van der Waals surface area contributed by atoms with E-state index >= 15 is 0 Å². The molecule has 0 fully saturated rings. The Labute approximate surface area is 113 Å². The van der Waals surface area contributed by atoms with Crippen LogP contribution in [0.4, 0.5) is 15.9 Å². The van der Waals surface area contributed by atoms with E-state index in [1.807, 2.05) is 0 Å². The highest BCUT2D eigenvalue weighted by Gasteiger charge is 2.10. The molecule has 0 bridgehead atoms. The van der Waals surface area contributed by atoms with E-state index in [0.717, 1.165) is 6.07 Å². The molecule has 2 aromatic rings. The number of halogens is 2. The van der Waals surface area contributed by atoms with Gasteiger partial charge in [-0.1, -0.05) is 17.7 Å². The molecule has 1 heterocycles. The molecule has 1 aromatic heterocycles. The number of rotatable bonds is 3. The largest absolute Gasteiger partial charge is 0.319 e. The van der Waals surface area contributed by atoms with Crippen LogP contribution >= 0.6 is 11.6 Å². The van der Waals surface area contributed by atoms with Gasteiger partial charge in [-0.05, 0) is 30.3 Å². The van der Waals surface area contributed by atoms with Crippen LogP contribution < -0.4 is 16.6 Å². The van der Waals surface area contributed by atoms with Crippen LogP contribution in [0.1, 0.15) is 10.5 Å². The number of aromatic nitrogens is 1. The van der Waals surface area contributed by atoms with Crippen LogP contribution in [0, 0.1) is 5.82 Å². The minimum atomic E-state index is -0.476. The van der Waals surface area contributed by atoms with Crippen molar-refractivity contribution < 1.29 is 9.18 Å². The first-order valence-electron chi connectivity index (χ1n) is 5.30. The fourth-order valence-electron chi connectivity index (χ4n) is 1.42. The monoisotopic (exact) mass is 280 g/mol. The molecule has 4 N–H and O–H groups in total. The van der Waals surface area contributed by atoms with E-state index < -0.39 is 11.7 Å². The van der Waals surface area contributed by atoms with Crippen molar-refractivity contribution in [3.63, 3.8) is 0 Å². The number of anilines is 2. The topological polar surface area (TPSA) is 80.0 Å². The number of carbonyl (C=O) groups excluding carboxylic acids is 1. The predicted molar refractivity (Wildman–Crippen MR) is 71.4 cm³/mol. The summed E-state index contributed by atoms with van der Waals surface area (Å²) in [4.78, 5) is 15.9. The lowest BCUT2D eigenvalue weighted by molar-refractivity contribution is 0.102. The number of nitrogens with two attached hydrogens (primary N) is 1. The highest BCUT2D eigenvalue weighted by molar-refractivity contribution is 6.33. The number of benzene rings is 1. The molecule has 7 heteroatoms. The maximum atomic E-state index is 12.9. The average molecular weight is 281 g/mol. The van der Waals surface area contributed by atoms with Crippen molar-refractivity contribution in [3.05, 3.63) is 52.9 Å². The number of nitrogen functional groups attached to an aromatic ring is 1.